The molecule has 0 spiro atoms. The van der Waals surface area contributed by atoms with Gasteiger partial charge in [0.05, 0.1) is 5.69 Å². The van der Waals surface area contributed by atoms with Crippen LogP contribution in [0.4, 0.5) is 5.69 Å². The molecule has 1 aliphatic rings. The third-order valence-electron chi connectivity index (χ3n) is 3.52. The van der Waals surface area contributed by atoms with Gasteiger partial charge in [-0.1, -0.05) is 12.1 Å². The summed E-state index contributed by atoms with van der Waals surface area (Å²) in [5.74, 6) is 0.383. The average Bonchev–Trinajstić information content (AvgIpc) is 2.41. The van der Waals surface area contributed by atoms with Gasteiger partial charge in [-0.15, -0.1) is 0 Å². The SMILES string of the molecule is NCCCCN1CCN(c2ccccc2O)CC1. The highest BCUT2D eigenvalue weighted by Gasteiger charge is 2.18. The van der Waals surface area contributed by atoms with E-state index in [-0.39, 0.29) is 0 Å². The minimum atomic E-state index is 0.383. The van der Waals surface area contributed by atoms with E-state index in [1.807, 2.05) is 18.2 Å². The molecule has 3 N–H and O–H groups in total. The van der Waals surface area contributed by atoms with Crippen LogP contribution in [-0.4, -0.2) is 49.3 Å². The molecule has 0 radical (unpaired) electrons. The molecule has 4 heteroatoms. The second kappa shape index (κ2) is 6.61. The number of nitrogens with two attached hydrogens (primary N) is 1. The van der Waals surface area contributed by atoms with Gasteiger partial charge in [0, 0.05) is 26.2 Å². The zero-order chi connectivity index (χ0) is 12.8. The molecule has 4 nitrogen and oxygen atoms in total. The molecule has 1 aromatic rings. The van der Waals surface area contributed by atoms with E-state index in [0.29, 0.717) is 5.75 Å². The van der Waals surface area contributed by atoms with Crippen molar-refractivity contribution in [3.8, 4) is 5.75 Å². The number of benzene rings is 1. The molecule has 1 aliphatic heterocycles. The second-order valence-corrected chi connectivity index (χ2v) is 4.81. The molecular weight excluding hydrogens is 226 g/mol. The Kier molecular flexibility index (Phi) is 4.84. The first-order chi connectivity index (χ1) is 8.81. The lowest BCUT2D eigenvalue weighted by Crippen LogP contribution is -2.46. The Morgan fingerprint density at radius 1 is 1.06 bits per heavy atom. The molecule has 1 aromatic carbocycles. The molecule has 0 atom stereocenters. The first-order valence-corrected chi connectivity index (χ1v) is 6.76. The summed E-state index contributed by atoms with van der Waals surface area (Å²) in [5, 5.41) is 9.83. The lowest BCUT2D eigenvalue weighted by molar-refractivity contribution is 0.253. The quantitative estimate of drug-likeness (QED) is 0.771. The lowest BCUT2D eigenvalue weighted by Gasteiger charge is -2.36. The summed E-state index contributed by atoms with van der Waals surface area (Å²) in [6.07, 6.45) is 2.30. The number of phenols is 1. The second-order valence-electron chi connectivity index (χ2n) is 4.81. The van der Waals surface area contributed by atoms with Gasteiger partial charge in [0.25, 0.3) is 0 Å². The zero-order valence-corrected chi connectivity index (χ0v) is 10.9. The third-order valence-corrected chi connectivity index (χ3v) is 3.52. The molecule has 2 rings (SSSR count). The van der Waals surface area contributed by atoms with Gasteiger partial charge in [-0.25, -0.2) is 0 Å². The summed E-state index contributed by atoms with van der Waals surface area (Å²) in [6, 6.07) is 7.58. The number of nitrogens with zero attached hydrogens (tertiary/aromatic N) is 2. The monoisotopic (exact) mass is 249 g/mol. The smallest absolute Gasteiger partial charge is 0.138 e. The van der Waals surface area contributed by atoms with E-state index >= 15 is 0 Å². The van der Waals surface area contributed by atoms with Crippen LogP contribution < -0.4 is 10.6 Å². The maximum atomic E-state index is 9.83. The van der Waals surface area contributed by atoms with E-state index in [1.165, 1.54) is 6.42 Å². The van der Waals surface area contributed by atoms with Crippen LogP contribution in [0.5, 0.6) is 5.75 Å². The van der Waals surface area contributed by atoms with E-state index in [4.69, 9.17) is 5.73 Å². The molecule has 0 aromatic heterocycles. The predicted molar refractivity (Wildman–Crippen MR) is 75.0 cm³/mol. The van der Waals surface area contributed by atoms with Gasteiger partial charge in [0.15, 0.2) is 0 Å². The Morgan fingerprint density at radius 2 is 1.78 bits per heavy atom. The van der Waals surface area contributed by atoms with Gasteiger partial charge >= 0.3 is 0 Å². The Labute approximate surface area is 109 Å². The molecule has 1 fully saturated rings. The van der Waals surface area contributed by atoms with Crippen molar-refractivity contribution in [1.29, 1.82) is 0 Å². The Hall–Kier alpha value is -1.26. The van der Waals surface area contributed by atoms with E-state index in [1.54, 1.807) is 6.07 Å². The van der Waals surface area contributed by atoms with Crippen molar-refractivity contribution >= 4 is 5.69 Å². The zero-order valence-electron chi connectivity index (χ0n) is 10.9. The van der Waals surface area contributed by atoms with Gasteiger partial charge in [-0.05, 0) is 38.1 Å². The van der Waals surface area contributed by atoms with Crippen molar-refractivity contribution in [2.75, 3.05) is 44.2 Å². The standard InChI is InChI=1S/C14H23N3O/c15-7-3-4-8-16-9-11-17(12-10-16)13-5-1-2-6-14(13)18/h1-2,5-6,18H,3-4,7-12,15H2. The molecule has 0 saturated carbocycles. The highest BCUT2D eigenvalue weighted by molar-refractivity contribution is 5.57. The van der Waals surface area contributed by atoms with Crippen LogP contribution >= 0.6 is 0 Å². The summed E-state index contributed by atoms with van der Waals surface area (Å²) in [4.78, 5) is 4.74. The summed E-state index contributed by atoms with van der Waals surface area (Å²) in [7, 11) is 0. The Balaban J connectivity index is 1.81. The molecular formula is C14H23N3O. The summed E-state index contributed by atoms with van der Waals surface area (Å²) in [6.45, 7) is 6.04. The summed E-state index contributed by atoms with van der Waals surface area (Å²) < 4.78 is 0. The number of anilines is 1. The fraction of sp³-hybridized carbons (Fsp3) is 0.571. The summed E-state index contributed by atoms with van der Waals surface area (Å²) in [5.41, 5.74) is 6.46. The molecule has 18 heavy (non-hydrogen) atoms. The number of aromatic hydroxyl groups is 1. The molecule has 1 saturated heterocycles. The highest BCUT2D eigenvalue weighted by Crippen LogP contribution is 2.27. The largest absolute Gasteiger partial charge is 0.506 e. The minimum Gasteiger partial charge on any atom is -0.506 e. The minimum absolute atomic E-state index is 0.383. The van der Waals surface area contributed by atoms with Crippen LogP contribution in [0.1, 0.15) is 12.8 Å². The number of hydrogen-bond acceptors (Lipinski definition) is 4. The van der Waals surface area contributed by atoms with Crippen molar-refractivity contribution in [2.45, 2.75) is 12.8 Å². The van der Waals surface area contributed by atoms with Gasteiger partial charge in [0.1, 0.15) is 5.75 Å². The average molecular weight is 249 g/mol. The maximum absolute atomic E-state index is 9.83. The Bertz CT molecular complexity index is 362. The van der Waals surface area contributed by atoms with Gasteiger partial charge < -0.3 is 15.7 Å². The van der Waals surface area contributed by atoms with Crippen molar-refractivity contribution in [3.05, 3.63) is 24.3 Å². The first-order valence-electron chi connectivity index (χ1n) is 6.76. The van der Waals surface area contributed by atoms with E-state index < -0.39 is 0 Å². The fourth-order valence-corrected chi connectivity index (χ4v) is 2.42. The van der Waals surface area contributed by atoms with E-state index in [9.17, 15) is 5.11 Å². The predicted octanol–water partition coefficient (Wildman–Crippen LogP) is 1.25. The van der Waals surface area contributed by atoms with Crippen molar-refractivity contribution in [1.82, 2.24) is 4.90 Å². The number of rotatable bonds is 5. The number of unbranched alkanes of at least 4 members (excludes halogenated alkanes) is 1. The van der Waals surface area contributed by atoms with E-state index in [2.05, 4.69) is 9.80 Å². The van der Waals surface area contributed by atoms with Crippen LogP contribution in [0.3, 0.4) is 0 Å². The summed E-state index contributed by atoms with van der Waals surface area (Å²) >= 11 is 0. The normalized spacial score (nSPS) is 17.1. The highest BCUT2D eigenvalue weighted by atomic mass is 16.3. The van der Waals surface area contributed by atoms with E-state index in [0.717, 1.165) is 51.4 Å². The maximum Gasteiger partial charge on any atom is 0.138 e. The number of phenolic OH excluding ortho intramolecular Hbond substituents is 1. The molecule has 100 valence electrons. The molecule has 0 unspecified atom stereocenters. The van der Waals surface area contributed by atoms with Gasteiger partial charge in [-0.2, -0.15) is 0 Å². The Morgan fingerprint density at radius 3 is 2.44 bits per heavy atom. The van der Waals surface area contributed by atoms with Crippen molar-refractivity contribution in [3.63, 3.8) is 0 Å². The first kappa shape index (κ1) is 13.2. The van der Waals surface area contributed by atoms with Crippen LogP contribution in [0, 0.1) is 0 Å². The molecule has 0 bridgehead atoms. The van der Waals surface area contributed by atoms with Crippen LogP contribution in [-0.2, 0) is 0 Å². The lowest BCUT2D eigenvalue weighted by atomic mass is 10.2. The van der Waals surface area contributed by atoms with Crippen molar-refractivity contribution in [2.24, 2.45) is 5.73 Å². The number of para-hydroxylation sites is 2. The number of piperazine rings is 1. The van der Waals surface area contributed by atoms with Gasteiger partial charge in [-0.3, -0.25) is 4.90 Å². The third kappa shape index (κ3) is 3.37. The van der Waals surface area contributed by atoms with Gasteiger partial charge in [0.2, 0.25) is 0 Å². The molecule has 1 heterocycles. The number of hydrogen-bond donors (Lipinski definition) is 2. The topological polar surface area (TPSA) is 52.7 Å². The van der Waals surface area contributed by atoms with Crippen LogP contribution in [0.25, 0.3) is 0 Å². The molecule has 0 amide bonds. The van der Waals surface area contributed by atoms with Crippen LogP contribution in [0.15, 0.2) is 24.3 Å². The fourth-order valence-electron chi connectivity index (χ4n) is 2.42. The molecule has 0 aliphatic carbocycles. The van der Waals surface area contributed by atoms with Crippen LogP contribution in [0.2, 0.25) is 0 Å². The van der Waals surface area contributed by atoms with Crippen molar-refractivity contribution < 1.29 is 5.11 Å².